The molecule has 0 unspecified atom stereocenters. The van der Waals surface area contributed by atoms with E-state index in [1.54, 1.807) is 0 Å². The van der Waals surface area contributed by atoms with Crippen molar-refractivity contribution in [1.82, 2.24) is 5.32 Å². The Balaban J connectivity index is 2.24. The van der Waals surface area contributed by atoms with Crippen molar-refractivity contribution in [2.75, 3.05) is 0 Å². The van der Waals surface area contributed by atoms with E-state index < -0.39 is 0 Å². The Bertz CT molecular complexity index is 688. The van der Waals surface area contributed by atoms with Gasteiger partial charge >= 0.3 is 0 Å². The molecule has 0 saturated carbocycles. The zero-order valence-corrected chi connectivity index (χ0v) is 14.2. The summed E-state index contributed by atoms with van der Waals surface area (Å²) in [5, 5.41) is 3.18. The predicted octanol–water partition coefficient (Wildman–Crippen LogP) is 4.80. The number of aryl methyl sites for hydroxylation is 4. The van der Waals surface area contributed by atoms with Crippen molar-refractivity contribution in [3.05, 3.63) is 69.8 Å². The predicted molar refractivity (Wildman–Crippen MR) is 92.3 cm³/mol. The van der Waals surface area contributed by atoms with Crippen molar-refractivity contribution in [2.24, 2.45) is 0 Å². The highest BCUT2D eigenvalue weighted by Crippen LogP contribution is 2.22. The molecule has 0 bridgehead atoms. The van der Waals surface area contributed by atoms with Crippen molar-refractivity contribution in [1.29, 1.82) is 0 Å². The first-order valence-corrected chi connectivity index (χ1v) is 7.87. The minimum atomic E-state index is 0.00400. The van der Waals surface area contributed by atoms with Gasteiger partial charge in [-0.05, 0) is 56.9 Å². The van der Waals surface area contributed by atoms with Gasteiger partial charge in [-0.2, -0.15) is 0 Å². The number of hydrogen-bond acceptors (Lipinski definition) is 1. The number of carbonyl (C=O) groups excluding carboxylic acids is 1. The molecule has 1 N–H and O–H groups in total. The Morgan fingerprint density at radius 1 is 0.955 bits per heavy atom. The van der Waals surface area contributed by atoms with Crippen LogP contribution in [-0.4, -0.2) is 5.91 Å². The maximum Gasteiger partial charge on any atom is 0.252 e. The molecule has 0 radical (unpaired) electrons. The molecule has 0 aliphatic carbocycles. The van der Waals surface area contributed by atoms with E-state index in [0.717, 1.165) is 17.5 Å². The molecule has 1 atom stereocenters. The normalized spacial score (nSPS) is 12.0. The highest BCUT2D eigenvalue weighted by atomic mass is 16.1. The van der Waals surface area contributed by atoms with Gasteiger partial charge in [-0.25, -0.2) is 0 Å². The molecule has 0 fully saturated rings. The van der Waals surface area contributed by atoms with E-state index in [0.29, 0.717) is 0 Å². The summed E-state index contributed by atoms with van der Waals surface area (Å²) in [6, 6.07) is 12.4. The standard InChI is InChI=1S/C20H25NO/c1-6-19(17-9-7-13(2)11-15(17)4)21-20(22)18-10-8-14(3)12-16(18)5/h7-12,19H,6H2,1-5H3,(H,21,22)/t19-/m0/s1. The number of benzene rings is 2. The van der Waals surface area contributed by atoms with Crippen LogP contribution >= 0.6 is 0 Å². The highest BCUT2D eigenvalue weighted by molar-refractivity contribution is 5.96. The Hall–Kier alpha value is -2.09. The summed E-state index contributed by atoms with van der Waals surface area (Å²) in [4.78, 5) is 12.6. The molecule has 0 aromatic heterocycles. The fourth-order valence-corrected chi connectivity index (χ4v) is 2.92. The average Bonchev–Trinajstić information content (AvgIpc) is 2.45. The van der Waals surface area contributed by atoms with Crippen LogP contribution in [0.1, 0.15) is 57.6 Å². The molecule has 2 heteroatoms. The Kier molecular flexibility index (Phi) is 5.02. The van der Waals surface area contributed by atoms with Crippen LogP contribution < -0.4 is 5.32 Å². The Morgan fingerprint density at radius 3 is 2.09 bits per heavy atom. The van der Waals surface area contributed by atoms with Crippen molar-refractivity contribution >= 4 is 5.91 Å². The lowest BCUT2D eigenvalue weighted by Crippen LogP contribution is -2.29. The molecular formula is C20H25NO. The third kappa shape index (κ3) is 3.56. The van der Waals surface area contributed by atoms with E-state index >= 15 is 0 Å². The van der Waals surface area contributed by atoms with Crippen LogP contribution in [0.2, 0.25) is 0 Å². The second-order valence-corrected chi connectivity index (χ2v) is 6.11. The number of carbonyl (C=O) groups is 1. The summed E-state index contributed by atoms with van der Waals surface area (Å²) in [5.74, 6) is 0.00400. The molecule has 0 aliphatic rings. The fraction of sp³-hybridized carbons (Fsp3) is 0.350. The second-order valence-electron chi connectivity index (χ2n) is 6.11. The first-order chi connectivity index (χ1) is 10.4. The van der Waals surface area contributed by atoms with Gasteiger partial charge in [0.25, 0.3) is 5.91 Å². The smallest absolute Gasteiger partial charge is 0.252 e. The van der Waals surface area contributed by atoms with Crippen molar-refractivity contribution in [3.63, 3.8) is 0 Å². The molecule has 116 valence electrons. The van der Waals surface area contributed by atoms with Gasteiger partial charge in [0.1, 0.15) is 0 Å². The van der Waals surface area contributed by atoms with Crippen LogP contribution in [0.5, 0.6) is 0 Å². The van der Waals surface area contributed by atoms with Gasteiger partial charge in [-0.3, -0.25) is 4.79 Å². The zero-order valence-electron chi connectivity index (χ0n) is 14.2. The van der Waals surface area contributed by atoms with E-state index in [9.17, 15) is 4.79 Å². The van der Waals surface area contributed by atoms with Crippen LogP contribution in [0.4, 0.5) is 0 Å². The van der Waals surface area contributed by atoms with E-state index in [1.165, 1.54) is 22.3 Å². The summed E-state index contributed by atoms with van der Waals surface area (Å²) in [7, 11) is 0. The van der Waals surface area contributed by atoms with E-state index in [2.05, 4.69) is 44.3 Å². The molecular weight excluding hydrogens is 270 g/mol. The molecule has 22 heavy (non-hydrogen) atoms. The first-order valence-electron chi connectivity index (χ1n) is 7.87. The lowest BCUT2D eigenvalue weighted by Gasteiger charge is -2.20. The number of amides is 1. The lowest BCUT2D eigenvalue weighted by molar-refractivity contribution is 0.0935. The molecule has 1 amide bonds. The maximum atomic E-state index is 12.6. The van der Waals surface area contributed by atoms with E-state index in [-0.39, 0.29) is 11.9 Å². The summed E-state index contributed by atoms with van der Waals surface area (Å²) in [6.07, 6.45) is 0.876. The van der Waals surface area contributed by atoms with Crippen LogP contribution in [0.3, 0.4) is 0 Å². The minimum Gasteiger partial charge on any atom is -0.345 e. The number of rotatable bonds is 4. The van der Waals surface area contributed by atoms with Gasteiger partial charge in [0.2, 0.25) is 0 Å². The van der Waals surface area contributed by atoms with Crippen LogP contribution in [0.25, 0.3) is 0 Å². The van der Waals surface area contributed by atoms with Crippen molar-refractivity contribution in [3.8, 4) is 0 Å². The molecule has 0 aliphatic heterocycles. The lowest BCUT2D eigenvalue weighted by atomic mass is 9.97. The van der Waals surface area contributed by atoms with Crippen molar-refractivity contribution < 1.29 is 4.79 Å². The van der Waals surface area contributed by atoms with Gasteiger partial charge in [0, 0.05) is 5.56 Å². The molecule has 0 saturated heterocycles. The van der Waals surface area contributed by atoms with Crippen LogP contribution in [0, 0.1) is 27.7 Å². The molecule has 2 aromatic carbocycles. The third-order valence-electron chi connectivity index (χ3n) is 4.14. The summed E-state index contributed by atoms with van der Waals surface area (Å²) < 4.78 is 0. The van der Waals surface area contributed by atoms with Gasteiger partial charge in [-0.15, -0.1) is 0 Å². The summed E-state index contributed by atoms with van der Waals surface area (Å²) >= 11 is 0. The maximum absolute atomic E-state index is 12.6. The number of nitrogens with one attached hydrogen (secondary N) is 1. The summed E-state index contributed by atoms with van der Waals surface area (Å²) in [5.41, 5.74) is 6.63. The van der Waals surface area contributed by atoms with Gasteiger partial charge in [-0.1, -0.05) is 48.4 Å². The molecule has 0 spiro atoms. The Morgan fingerprint density at radius 2 is 1.55 bits per heavy atom. The second kappa shape index (κ2) is 6.78. The zero-order chi connectivity index (χ0) is 16.3. The third-order valence-corrected chi connectivity index (χ3v) is 4.14. The molecule has 0 heterocycles. The van der Waals surface area contributed by atoms with E-state index in [1.807, 2.05) is 32.0 Å². The van der Waals surface area contributed by atoms with Crippen LogP contribution in [0.15, 0.2) is 36.4 Å². The average molecular weight is 295 g/mol. The molecule has 2 nitrogen and oxygen atoms in total. The monoisotopic (exact) mass is 295 g/mol. The fourth-order valence-electron chi connectivity index (χ4n) is 2.92. The largest absolute Gasteiger partial charge is 0.345 e. The SMILES string of the molecule is CC[C@H](NC(=O)c1ccc(C)cc1C)c1ccc(C)cc1C. The summed E-state index contributed by atoms with van der Waals surface area (Å²) in [6.45, 7) is 10.3. The topological polar surface area (TPSA) is 29.1 Å². The first kappa shape index (κ1) is 16.3. The number of hydrogen-bond donors (Lipinski definition) is 1. The molecule has 2 aromatic rings. The van der Waals surface area contributed by atoms with Crippen molar-refractivity contribution in [2.45, 2.75) is 47.1 Å². The van der Waals surface area contributed by atoms with Gasteiger partial charge < -0.3 is 5.32 Å². The van der Waals surface area contributed by atoms with Gasteiger partial charge in [0.05, 0.1) is 6.04 Å². The van der Waals surface area contributed by atoms with Crippen LogP contribution in [-0.2, 0) is 0 Å². The Labute approximate surface area is 133 Å². The van der Waals surface area contributed by atoms with Gasteiger partial charge in [0.15, 0.2) is 0 Å². The minimum absolute atomic E-state index is 0.00400. The van der Waals surface area contributed by atoms with E-state index in [4.69, 9.17) is 0 Å². The molecule has 2 rings (SSSR count). The highest BCUT2D eigenvalue weighted by Gasteiger charge is 2.17. The quantitative estimate of drug-likeness (QED) is 0.862.